The molecule has 0 saturated heterocycles. The number of nitrogens with one attached hydrogen (secondary N) is 1. The van der Waals surface area contributed by atoms with E-state index in [1.54, 1.807) is 18.2 Å². The molecule has 0 radical (unpaired) electrons. The number of carbonyl (C=O) groups excluding carboxylic acids is 1. The third-order valence-corrected chi connectivity index (χ3v) is 4.35. The summed E-state index contributed by atoms with van der Waals surface area (Å²) in [5, 5.41) is 4.93. The van der Waals surface area contributed by atoms with Crippen LogP contribution in [-0.4, -0.2) is 12.1 Å². The zero-order valence-corrected chi connectivity index (χ0v) is 15.6. The minimum atomic E-state index is -0.0830. The molecule has 0 spiro atoms. The van der Waals surface area contributed by atoms with Crippen molar-refractivity contribution in [3.05, 3.63) is 46.5 Å². The molecule has 3 nitrogen and oxygen atoms in total. The lowest BCUT2D eigenvalue weighted by molar-refractivity contribution is -0.121. The molecule has 0 bridgehead atoms. The highest BCUT2D eigenvalue weighted by Gasteiger charge is 2.03. The molecule has 1 aromatic rings. The van der Waals surface area contributed by atoms with Crippen LogP contribution in [0.15, 0.2) is 36.0 Å². The van der Waals surface area contributed by atoms with Gasteiger partial charge in [-0.25, -0.2) is 5.43 Å². The van der Waals surface area contributed by atoms with E-state index in [0.717, 1.165) is 19.3 Å². The predicted octanol–water partition coefficient (Wildman–Crippen LogP) is 6.14. The van der Waals surface area contributed by atoms with Crippen LogP contribution in [0, 0.1) is 0 Å². The van der Waals surface area contributed by atoms with Crippen molar-refractivity contribution < 1.29 is 4.79 Å². The second-order valence-corrected chi connectivity index (χ2v) is 6.55. The Morgan fingerprint density at radius 3 is 2.25 bits per heavy atom. The maximum Gasteiger partial charge on any atom is 0.240 e. The number of halogens is 2. The van der Waals surface area contributed by atoms with E-state index in [1.165, 1.54) is 38.3 Å². The molecule has 0 aliphatic rings. The van der Waals surface area contributed by atoms with E-state index in [9.17, 15) is 4.79 Å². The van der Waals surface area contributed by atoms with Gasteiger partial charge in [-0.15, -0.1) is 6.58 Å². The first-order chi connectivity index (χ1) is 11.6. The Morgan fingerprint density at radius 1 is 1.04 bits per heavy atom. The fourth-order valence-corrected chi connectivity index (χ4v) is 2.81. The van der Waals surface area contributed by atoms with Gasteiger partial charge in [-0.05, 0) is 31.4 Å². The number of carbonyl (C=O) groups is 1. The van der Waals surface area contributed by atoms with E-state index in [2.05, 4.69) is 17.1 Å². The summed E-state index contributed by atoms with van der Waals surface area (Å²) in [6.07, 6.45) is 13.2. The Kier molecular flexibility index (Phi) is 11.2. The summed E-state index contributed by atoms with van der Waals surface area (Å²) < 4.78 is 0. The van der Waals surface area contributed by atoms with Crippen molar-refractivity contribution in [1.29, 1.82) is 0 Å². The predicted molar refractivity (Wildman–Crippen MR) is 104 cm³/mol. The maximum absolute atomic E-state index is 11.7. The number of hydrogen-bond donors (Lipinski definition) is 1. The van der Waals surface area contributed by atoms with Crippen LogP contribution in [0.4, 0.5) is 0 Å². The SMILES string of the molecule is C=CCCCCCCCCCC(=O)NN=Cc1c(Cl)cccc1Cl. The average molecular weight is 369 g/mol. The van der Waals surface area contributed by atoms with E-state index in [-0.39, 0.29) is 5.91 Å². The van der Waals surface area contributed by atoms with Gasteiger partial charge < -0.3 is 0 Å². The average Bonchev–Trinajstić information content (AvgIpc) is 2.56. The summed E-state index contributed by atoms with van der Waals surface area (Å²) in [5.41, 5.74) is 3.12. The van der Waals surface area contributed by atoms with Gasteiger partial charge in [0.15, 0.2) is 0 Å². The zero-order chi connectivity index (χ0) is 17.6. The maximum atomic E-state index is 11.7. The Labute approximate surface area is 155 Å². The number of amides is 1. The quantitative estimate of drug-likeness (QED) is 0.204. The van der Waals surface area contributed by atoms with Crippen molar-refractivity contribution in [2.45, 2.75) is 57.8 Å². The molecular weight excluding hydrogens is 343 g/mol. The topological polar surface area (TPSA) is 41.5 Å². The second-order valence-electron chi connectivity index (χ2n) is 5.73. The van der Waals surface area contributed by atoms with Gasteiger partial charge in [0.2, 0.25) is 5.91 Å². The van der Waals surface area contributed by atoms with E-state index >= 15 is 0 Å². The highest BCUT2D eigenvalue weighted by Crippen LogP contribution is 2.22. The van der Waals surface area contributed by atoms with Crippen LogP contribution in [-0.2, 0) is 4.79 Å². The van der Waals surface area contributed by atoms with Crippen molar-refractivity contribution in [2.75, 3.05) is 0 Å². The van der Waals surface area contributed by atoms with E-state index in [4.69, 9.17) is 23.2 Å². The molecule has 0 aliphatic carbocycles. The summed E-state index contributed by atoms with van der Waals surface area (Å²) in [6, 6.07) is 5.22. The normalized spacial score (nSPS) is 10.9. The van der Waals surface area contributed by atoms with Crippen molar-refractivity contribution in [1.82, 2.24) is 5.43 Å². The molecule has 1 amide bonds. The number of benzene rings is 1. The number of hydrogen-bond acceptors (Lipinski definition) is 2. The van der Waals surface area contributed by atoms with Crippen molar-refractivity contribution in [3.63, 3.8) is 0 Å². The van der Waals surface area contributed by atoms with Crippen LogP contribution in [0.2, 0.25) is 10.0 Å². The number of rotatable bonds is 12. The van der Waals surface area contributed by atoms with Gasteiger partial charge >= 0.3 is 0 Å². The van der Waals surface area contributed by atoms with Gasteiger partial charge in [0.1, 0.15) is 0 Å². The van der Waals surface area contributed by atoms with Crippen LogP contribution >= 0.6 is 23.2 Å². The second kappa shape index (κ2) is 13.0. The zero-order valence-electron chi connectivity index (χ0n) is 14.1. The third kappa shape index (κ3) is 9.09. The lowest BCUT2D eigenvalue weighted by Gasteiger charge is -2.02. The molecule has 0 heterocycles. The minimum Gasteiger partial charge on any atom is -0.273 e. The number of unbranched alkanes of at least 4 members (excludes halogenated alkanes) is 7. The number of hydrazone groups is 1. The summed E-state index contributed by atoms with van der Waals surface area (Å²) in [7, 11) is 0. The fraction of sp³-hybridized carbons (Fsp3) is 0.474. The Morgan fingerprint density at radius 2 is 1.62 bits per heavy atom. The van der Waals surface area contributed by atoms with Gasteiger partial charge in [-0.2, -0.15) is 5.10 Å². The number of nitrogens with zero attached hydrogens (tertiary/aromatic N) is 1. The van der Waals surface area contributed by atoms with Gasteiger partial charge in [-0.1, -0.05) is 67.4 Å². The largest absolute Gasteiger partial charge is 0.273 e. The standard InChI is InChI=1S/C19H26Cl2N2O/c1-2-3-4-5-6-7-8-9-10-14-19(24)23-22-15-16-17(20)12-11-13-18(16)21/h2,11-13,15H,1,3-10,14H2,(H,23,24). The molecule has 0 atom stereocenters. The molecule has 1 aromatic carbocycles. The molecular formula is C19H26Cl2N2O. The van der Waals surface area contributed by atoms with Crippen LogP contribution in [0.25, 0.3) is 0 Å². The molecule has 132 valence electrons. The van der Waals surface area contributed by atoms with Gasteiger partial charge in [0.25, 0.3) is 0 Å². The van der Waals surface area contributed by atoms with Crippen molar-refractivity contribution in [2.24, 2.45) is 5.10 Å². The first kappa shape index (κ1) is 20.7. The molecule has 5 heteroatoms. The lowest BCUT2D eigenvalue weighted by Crippen LogP contribution is -2.16. The molecule has 1 N–H and O–H groups in total. The minimum absolute atomic E-state index is 0.0830. The van der Waals surface area contributed by atoms with Crippen molar-refractivity contribution in [3.8, 4) is 0 Å². The molecule has 0 unspecified atom stereocenters. The smallest absolute Gasteiger partial charge is 0.240 e. The summed E-state index contributed by atoms with van der Waals surface area (Å²) in [5.74, 6) is -0.0830. The monoisotopic (exact) mass is 368 g/mol. The van der Waals surface area contributed by atoms with Gasteiger partial charge in [0, 0.05) is 12.0 Å². The van der Waals surface area contributed by atoms with Crippen LogP contribution in [0.5, 0.6) is 0 Å². The molecule has 0 fully saturated rings. The Bertz CT molecular complexity index is 524. The van der Waals surface area contributed by atoms with Gasteiger partial charge in [-0.3, -0.25) is 4.79 Å². The first-order valence-electron chi connectivity index (χ1n) is 8.52. The highest BCUT2D eigenvalue weighted by molar-refractivity contribution is 6.38. The summed E-state index contributed by atoms with van der Waals surface area (Å²) in [4.78, 5) is 11.7. The molecule has 0 aliphatic heterocycles. The molecule has 24 heavy (non-hydrogen) atoms. The third-order valence-electron chi connectivity index (χ3n) is 3.69. The van der Waals surface area contributed by atoms with Crippen molar-refractivity contribution >= 4 is 35.3 Å². The van der Waals surface area contributed by atoms with Crippen LogP contribution in [0.3, 0.4) is 0 Å². The summed E-state index contributed by atoms with van der Waals surface area (Å²) >= 11 is 12.0. The van der Waals surface area contributed by atoms with Crippen LogP contribution in [0.1, 0.15) is 63.4 Å². The highest BCUT2D eigenvalue weighted by atomic mass is 35.5. The molecule has 1 rings (SSSR count). The first-order valence-corrected chi connectivity index (χ1v) is 9.27. The van der Waals surface area contributed by atoms with Crippen LogP contribution < -0.4 is 5.43 Å². The fourth-order valence-electron chi connectivity index (χ4n) is 2.32. The van der Waals surface area contributed by atoms with Gasteiger partial charge in [0.05, 0.1) is 16.3 Å². The van der Waals surface area contributed by atoms with E-state index in [0.29, 0.717) is 22.0 Å². The number of allylic oxidation sites excluding steroid dienone is 1. The van der Waals surface area contributed by atoms with E-state index in [1.807, 2.05) is 6.08 Å². The van der Waals surface area contributed by atoms with E-state index < -0.39 is 0 Å². The molecule has 0 aromatic heterocycles. The lowest BCUT2D eigenvalue weighted by atomic mass is 10.1. The molecule has 0 saturated carbocycles. The summed E-state index contributed by atoms with van der Waals surface area (Å²) in [6.45, 7) is 3.72. The Balaban J connectivity index is 2.10. The Hall–Kier alpha value is -1.32.